The van der Waals surface area contributed by atoms with E-state index in [0.717, 1.165) is 23.8 Å². The van der Waals surface area contributed by atoms with Crippen molar-refractivity contribution in [2.75, 3.05) is 19.1 Å². The number of rotatable bonds is 4. The lowest BCUT2D eigenvalue weighted by molar-refractivity contribution is -0.385. The lowest BCUT2D eigenvalue weighted by atomic mass is 10.0. The number of hydrogen-bond donors (Lipinski definition) is 1. The van der Waals surface area contributed by atoms with Crippen LogP contribution in [0.25, 0.3) is 0 Å². The van der Waals surface area contributed by atoms with Gasteiger partial charge in [-0.2, -0.15) is 0 Å². The number of nitrogens with zero attached hydrogens (tertiary/aromatic N) is 1. The average molecular weight is 415 g/mol. The van der Waals surface area contributed by atoms with Gasteiger partial charge in [-0.25, -0.2) is 4.79 Å². The number of benzene rings is 2. The highest BCUT2D eigenvalue weighted by Gasteiger charge is 2.36. The van der Waals surface area contributed by atoms with Crippen molar-refractivity contribution >= 4 is 35.2 Å². The molecule has 0 radical (unpaired) electrons. The SMILES string of the molecule is CSC1(SC)CCOc2ccc(C#Cc3ccc(C(=O)O)cc3[N+](=O)[O-])cc21. The van der Waals surface area contributed by atoms with E-state index in [9.17, 15) is 14.9 Å². The molecule has 3 rings (SSSR count). The van der Waals surface area contributed by atoms with Crippen LogP contribution in [-0.4, -0.2) is 35.1 Å². The molecule has 8 heteroatoms. The first-order valence-electron chi connectivity index (χ1n) is 8.31. The molecular formula is C20H17NO5S2. The predicted octanol–water partition coefficient (Wildman–Crippen LogP) is 4.35. The summed E-state index contributed by atoms with van der Waals surface area (Å²) in [6, 6.07) is 9.36. The Balaban J connectivity index is 2.02. The summed E-state index contributed by atoms with van der Waals surface area (Å²) in [5.41, 5.74) is 1.48. The lowest BCUT2D eigenvalue weighted by Gasteiger charge is -2.36. The highest BCUT2D eigenvalue weighted by Crippen LogP contribution is 2.52. The quantitative estimate of drug-likeness (QED) is 0.343. The number of aromatic carboxylic acids is 1. The number of nitro benzene ring substituents is 1. The number of hydrogen-bond acceptors (Lipinski definition) is 6. The molecule has 0 amide bonds. The van der Waals surface area contributed by atoms with Gasteiger partial charge in [-0.1, -0.05) is 11.8 Å². The number of ether oxygens (including phenoxy) is 1. The van der Waals surface area contributed by atoms with Gasteiger partial charge in [-0.15, -0.1) is 23.5 Å². The zero-order chi connectivity index (χ0) is 20.3. The van der Waals surface area contributed by atoms with Crippen LogP contribution in [-0.2, 0) is 4.08 Å². The topological polar surface area (TPSA) is 89.7 Å². The van der Waals surface area contributed by atoms with Crippen LogP contribution in [0.4, 0.5) is 5.69 Å². The molecule has 0 saturated heterocycles. The van der Waals surface area contributed by atoms with Gasteiger partial charge in [0.2, 0.25) is 0 Å². The van der Waals surface area contributed by atoms with Crippen molar-refractivity contribution in [2.24, 2.45) is 0 Å². The largest absolute Gasteiger partial charge is 0.493 e. The Hall–Kier alpha value is -2.63. The molecule has 0 bridgehead atoms. The lowest BCUT2D eigenvalue weighted by Crippen LogP contribution is -2.26. The maximum absolute atomic E-state index is 11.3. The van der Waals surface area contributed by atoms with Gasteiger partial charge in [0, 0.05) is 23.6 Å². The summed E-state index contributed by atoms with van der Waals surface area (Å²) in [7, 11) is 0. The second-order valence-electron chi connectivity index (χ2n) is 6.01. The first-order valence-corrected chi connectivity index (χ1v) is 10.8. The highest BCUT2D eigenvalue weighted by atomic mass is 32.2. The maximum Gasteiger partial charge on any atom is 0.335 e. The minimum Gasteiger partial charge on any atom is -0.493 e. The normalized spacial score (nSPS) is 14.2. The van der Waals surface area contributed by atoms with E-state index in [0.29, 0.717) is 12.2 Å². The Bertz CT molecular complexity index is 1010. The standard InChI is InChI=1S/C20H17NO5S2/c1-27-20(28-2)9-10-26-18-8-4-13(11-16(18)20)3-5-14-6-7-15(19(22)23)12-17(14)21(24)25/h4,6-8,11-12H,9-10H2,1-2H3,(H,22,23). The first kappa shape index (κ1) is 20.1. The molecule has 1 aliphatic rings. The number of fused-ring (bicyclic) bond motifs is 1. The van der Waals surface area contributed by atoms with Crippen molar-refractivity contribution in [3.8, 4) is 17.6 Å². The van der Waals surface area contributed by atoms with Crippen LogP contribution in [0.5, 0.6) is 5.75 Å². The van der Waals surface area contributed by atoms with Crippen molar-refractivity contribution < 1.29 is 19.6 Å². The summed E-state index contributed by atoms with van der Waals surface area (Å²) in [6.07, 6.45) is 5.01. The summed E-state index contributed by atoms with van der Waals surface area (Å²) in [5.74, 6) is 5.38. The fourth-order valence-corrected chi connectivity index (χ4v) is 5.03. The predicted molar refractivity (Wildman–Crippen MR) is 111 cm³/mol. The summed E-state index contributed by atoms with van der Waals surface area (Å²) in [4.78, 5) is 21.7. The Labute approximate surface area is 170 Å². The fourth-order valence-electron chi connectivity index (χ4n) is 3.03. The molecule has 28 heavy (non-hydrogen) atoms. The van der Waals surface area contributed by atoms with Crippen molar-refractivity contribution in [3.63, 3.8) is 0 Å². The van der Waals surface area contributed by atoms with Crippen LogP contribution in [0, 0.1) is 22.0 Å². The van der Waals surface area contributed by atoms with E-state index >= 15 is 0 Å². The van der Waals surface area contributed by atoms with Gasteiger partial charge in [0.05, 0.1) is 21.2 Å². The molecule has 6 nitrogen and oxygen atoms in total. The summed E-state index contributed by atoms with van der Waals surface area (Å²) in [6.45, 7) is 0.655. The monoisotopic (exact) mass is 415 g/mol. The molecule has 0 unspecified atom stereocenters. The number of carbonyl (C=O) groups is 1. The zero-order valence-corrected chi connectivity index (χ0v) is 16.9. The van der Waals surface area contributed by atoms with Gasteiger partial charge in [0.1, 0.15) is 11.3 Å². The minimum absolute atomic E-state index is 0.111. The summed E-state index contributed by atoms with van der Waals surface area (Å²) in [5, 5.41) is 20.3. The van der Waals surface area contributed by atoms with Crippen LogP contribution >= 0.6 is 23.5 Å². The third kappa shape index (κ3) is 3.81. The fraction of sp³-hybridized carbons (Fsp3) is 0.250. The third-order valence-electron chi connectivity index (χ3n) is 4.52. The van der Waals surface area contributed by atoms with Crippen LogP contribution in [0.3, 0.4) is 0 Å². The van der Waals surface area contributed by atoms with Crippen LogP contribution in [0.15, 0.2) is 36.4 Å². The maximum atomic E-state index is 11.3. The van der Waals surface area contributed by atoms with Gasteiger partial charge in [-0.05, 0) is 42.8 Å². The Morgan fingerprint density at radius 2 is 1.96 bits per heavy atom. The van der Waals surface area contributed by atoms with Gasteiger partial charge < -0.3 is 9.84 Å². The molecule has 2 aromatic carbocycles. The second-order valence-corrected chi connectivity index (χ2v) is 8.48. The van der Waals surface area contributed by atoms with E-state index in [-0.39, 0.29) is 20.9 Å². The molecule has 0 saturated carbocycles. The van der Waals surface area contributed by atoms with Crippen LogP contribution in [0.2, 0.25) is 0 Å². The molecule has 144 valence electrons. The third-order valence-corrected chi connectivity index (χ3v) is 7.69. The molecule has 2 aromatic rings. The summed E-state index contributed by atoms with van der Waals surface area (Å²) >= 11 is 3.52. The van der Waals surface area contributed by atoms with E-state index in [4.69, 9.17) is 9.84 Å². The van der Waals surface area contributed by atoms with Gasteiger partial charge in [0.25, 0.3) is 5.69 Å². The molecule has 0 spiro atoms. The zero-order valence-electron chi connectivity index (χ0n) is 15.2. The average Bonchev–Trinajstić information content (AvgIpc) is 2.71. The molecular weight excluding hydrogens is 398 g/mol. The van der Waals surface area contributed by atoms with E-state index < -0.39 is 10.9 Å². The smallest absolute Gasteiger partial charge is 0.335 e. The number of thioether (sulfide) groups is 2. The van der Waals surface area contributed by atoms with E-state index in [1.807, 2.05) is 18.2 Å². The van der Waals surface area contributed by atoms with Crippen molar-refractivity contribution in [1.82, 2.24) is 0 Å². The summed E-state index contributed by atoms with van der Waals surface area (Å²) < 4.78 is 5.66. The molecule has 0 aliphatic carbocycles. The number of carboxylic acids is 1. The van der Waals surface area contributed by atoms with Crippen molar-refractivity contribution in [1.29, 1.82) is 0 Å². The van der Waals surface area contributed by atoms with E-state index in [1.54, 1.807) is 23.5 Å². The van der Waals surface area contributed by atoms with Gasteiger partial charge >= 0.3 is 5.97 Å². The molecule has 0 atom stereocenters. The first-order chi connectivity index (χ1) is 13.4. The van der Waals surface area contributed by atoms with Crippen molar-refractivity contribution in [3.05, 3.63) is 68.8 Å². The second kappa shape index (κ2) is 8.17. The number of nitro groups is 1. The Morgan fingerprint density at radius 1 is 1.21 bits per heavy atom. The number of carboxylic acid groups (broad SMARTS) is 1. The molecule has 1 heterocycles. The molecule has 1 N–H and O–H groups in total. The van der Waals surface area contributed by atoms with Gasteiger partial charge in [-0.3, -0.25) is 10.1 Å². The highest BCUT2D eigenvalue weighted by molar-refractivity contribution is 8.16. The van der Waals surface area contributed by atoms with Gasteiger partial charge in [0.15, 0.2) is 0 Å². The molecule has 0 aromatic heterocycles. The Morgan fingerprint density at radius 3 is 2.61 bits per heavy atom. The molecule has 0 fully saturated rings. The Kier molecular flexibility index (Phi) is 5.87. The molecule has 1 aliphatic heterocycles. The minimum atomic E-state index is -1.22. The van der Waals surface area contributed by atoms with Crippen molar-refractivity contribution in [2.45, 2.75) is 10.5 Å². The van der Waals surface area contributed by atoms with Crippen LogP contribution in [0.1, 0.15) is 33.5 Å². The van der Waals surface area contributed by atoms with E-state index in [2.05, 4.69) is 24.4 Å². The van der Waals surface area contributed by atoms with Crippen LogP contribution < -0.4 is 4.74 Å². The van der Waals surface area contributed by atoms with E-state index in [1.165, 1.54) is 12.1 Å².